The van der Waals surface area contributed by atoms with Crippen LogP contribution >= 0.6 is 11.3 Å². The number of nitrogens with zero attached hydrogens (tertiary/aromatic N) is 3. The number of amides is 1. The Kier molecular flexibility index (Phi) is 3.15. The van der Waals surface area contributed by atoms with Gasteiger partial charge in [-0.25, -0.2) is 4.98 Å². The molecule has 0 unspecified atom stereocenters. The van der Waals surface area contributed by atoms with Crippen LogP contribution in [0, 0.1) is 0 Å². The molecule has 7 nitrogen and oxygen atoms in total. The predicted octanol–water partition coefficient (Wildman–Crippen LogP) is 1.58. The molecule has 2 rings (SSSR count). The molecule has 0 bridgehead atoms. The predicted molar refractivity (Wildman–Crippen MR) is 60.6 cm³/mol. The fourth-order valence-electron chi connectivity index (χ4n) is 1.04. The van der Waals surface area contributed by atoms with E-state index in [0.717, 1.165) is 0 Å². The Morgan fingerprint density at radius 3 is 3.06 bits per heavy atom. The maximum atomic E-state index is 11.6. The Hall–Kier alpha value is -2.22. The first-order chi connectivity index (χ1) is 8.20. The fraction of sp³-hybridized carbons (Fsp3) is 0.111. The van der Waals surface area contributed by atoms with Gasteiger partial charge in [-0.15, -0.1) is 11.3 Å². The van der Waals surface area contributed by atoms with E-state index in [1.165, 1.54) is 23.7 Å². The molecule has 0 radical (unpaired) electrons. The lowest BCUT2D eigenvalue weighted by molar-refractivity contribution is 0.101. The first kappa shape index (κ1) is 11.3. The molecule has 2 aromatic rings. The third kappa shape index (κ3) is 2.48. The molecule has 17 heavy (non-hydrogen) atoms. The minimum absolute atomic E-state index is 0.175. The van der Waals surface area contributed by atoms with Gasteiger partial charge in [-0.05, 0) is 6.92 Å². The van der Waals surface area contributed by atoms with Gasteiger partial charge in [0.2, 0.25) is 0 Å². The van der Waals surface area contributed by atoms with Gasteiger partial charge in [0, 0.05) is 11.4 Å². The van der Waals surface area contributed by atoms with Crippen molar-refractivity contribution in [1.82, 2.24) is 10.1 Å². The summed E-state index contributed by atoms with van der Waals surface area (Å²) in [6.45, 7) is 1.61. The van der Waals surface area contributed by atoms with Gasteiger partial charge in [0.15, 0.2) is 10.8 Å². The molecule has 88 valence electrons. The number of oxime groups is 1. The van der Waals surface area contributed by atoms with Crippen molar-refractivity contribution >= 4 is 28.1 Å². The molecule has 8 heteroatoms. The number of hydrogen-bond acceptors (Lipinski definition) is 7. The number of nitrogens with one attached hydrogen (secondary N) is 1. The Morgan fingerprint density at radius 1 is 1.59 bits per heavy atom. The van der Waals surface area contributed by atoms with Crippen LogP contribution in [0.4, 0.5) is 5.13 Å². The van der Waals surface area contributed by atoms with Crippen molar-refractivity contribution in [2.24, 2.45) is 5.16 Å². The van der Waals surface area contributed by atoms with Crippen molar-refractivity contribution < 1.29 is 14.5 Å². The molecule has 0 aromatic carbocycles. The molecule has 2 N–H and O–H groups in total. The van der Waals surface area contributed by atoms with Crippen LogP contribution in [-0.2, 0) is 0 Å². The third-order valence-corrected chi connectivity index (χ3v) is 2.67. The number of anilines is 1. The zero-order chi connectivity index (χ0) is 12.3. The van der Waals surface area contributed by atoms with Crippen LogP contribution in [0.15, 0.2) is 27.4 Å². The van der Waals surface area contributed by atoms with Gasteiger partial charge < -0.3 is 9.73 Å². The number of carbonyl (C=O) groups is 1. The van der Waals surface area contributed by atoms with Crippen molar-refractivity contribution in [3.63, 3.8) is 0 Å². The highest BCUT2D eigenvalue weighted by Gasteiger charge is 2.12. The number of hydrogen-bond donors (Lipinski definition) is 2. The van der Waals surface area contributed by atoms with Crippen LogP contribution in [0.25, 0.3) is 0 Å². The molecule has 0 aliphatic carbocycles. The molecule has 0 spiro atoms. The lowest BCUT2D eigenvalue weighted by atomic mass is 10.3. The molecule has 2 heterocycles. The van der Waals surface area contributed by atoms with Gasteiger partial charge in [-0.2, -0.15) is 0 Å². The average molecular weight is 252 g/mol. The van der Waals surface area contributed by atoms with Crippen molar-refractivity contribution in [2.75, 3.05) is 5.32 Å². The second-order valence-corrected chi connectivity index (χ2v) is 3.92. The van der Waals surface area contributed by atoms with Crippen molar-refractivity contribution in [3.05, 3.63) is 29.1 Å². The molecule has 0 aliphatic rings. The molecule has 2 aromatic heterocycles. The van der Waals surface area contributed by atoms with E-state index in [1.807, 2.05) is 0 Å². The SMILES string of the molecule is CC(=NO)c1csc(NC(=O)c2ccon2)n1. The highest BCUT2D eigenvalue weighted by Crippen LogP contribution is 2.16. The number of thiazole rings is 1. The van der Waals surface area contributed by atoms with E-state index in [1.54, 1.807) is 12.3 Å². The highest BCUT2D eigenvalue weighted by molar-refractivity contribution is 7.14. The first-order valence-electron chi connectivity index (χ1n) is 4.57. The van der Waals surface area contributed by atoms with Crippen LogP contribution < -0.4 is 5.32 Å². The normalized spacial score (nSPS) is 11.5. The van der Waals surface area contributed by atoms with Gasteiger partial charge in [0.25, 0.3) is 5.91 Å². The maximum absolute atomic E-state index is 11.6. The van der Waals surface area contributed by atoms with Crippen molar-refractivity contribution in [2.45, 2.75) is 6.92 Å². The van der Waals surface area contributed by atoms with Crippen LogP contribution in [0.1, 0.15) is 23.1 Å². The number of rotatable bonds is 3. The molecule has 0 saturated heterocycles. The smallest absolute Gasteiger partial charge is 0.279 e. The van der Waals surface area contributed by atoms with E-state index in [0.29, 0.717) is 16.5 Å². The molecule has 0 aliphatic heterocycles. The summed E-state index contributed by atoms with van der Waals surface area (Å²) < 4.78 is 4.55. The van der Waals surface area contributed by atoms with Crippen molar-refractivity contribution in [3.8, 4) is 0 Å². The van der Waals surface area contributed by atoms with Gasteiger partial charge in [0.05, 0.1) is 0 Å². The Labute approximate surface area is 99.8 Å². The lowest BCUT2D eigenvalue weighted by Gasteiger charge is -1.96. The molecular formula is C9H8N4O3S. The van der Waals surface area contributed by atoms with E-state index in [-0.39, 0.29) is 5.69 Å². The summed E-state index contributed by atoms with van der Waals surface area (Å²) in [5.41, 5.74) is 1.06. The second kappa shape index (κ2) is 4.74. The Bertz CT molecular complexity index is 546. The summed E-state index contributed by atoms with van der Waals surface area (Å²) in [6, 6.07) is 1.45. The standard InChI is InChI=1S/C9H8N4O3S/c1-5(12-15)7-4-17-9(10-7)11-8(14)6-2-3-16-13-6/h2-4,15H,1H3,(H,10,11,14). The monoisotopic (exact) mass is 252 g/mol. The summed E-state index contributed by atoms with van der Waals surface area (Å²) in [6.07, 6.45) is 1.31. The zero-order valence-corrected chi connectivity index (χ0v) is 9.56. The Morgan fingerprint density at radius 2 is 2.41 bits per heavy atom. The molecule has 0 atom stereocenters. The summed E-state index contributed by atoms with van der Waals surface area (Å²) in [7, 11) is 0. The minimum Gasteiger partial charge on any atom is -0.411 e. The van der Waals surface area contributed by atoms with E-state index >= 15 is 0 Å². The second-order valence-electron chi connectivity index (χ2n) is 3.06. The summed E-state index contributed by atoms with van der Waals surface area (Å²) >= 11 is 1.23. The van der Waals surface area contributed by atoms with Gasteiger partial charge in [0.1, 0.15) is 17.7 Å². The van der Waals surface area contributed by atoms with E-state index in [2.05, 4.69) is 25.1 Å². The molecule has 0 saturated carbocycles. The summed E-state index contributed by atoms with van der Waals surface area (Å²) in [4.78, 5) is 15.6. The average Bonchev–Trinajstić information content (AvgIpc) is 2.98. The van der Waals surface area contributed by atoms with Crippen LogP contribution in [0.3, 0.4) is 0 Å². The molecular weight excluding hydrogens is 244 g/mol. The molecule has 0 fully saturated rings. The van der Waals surface area contributed by atoms with Gasteiger partial charge in [-0.3, -0.25) is 10.1 Å². The fourth-order valence-corrected chi connectivity index (χ4v) is 1.79. The lowest BCUT2D eigenvalue weighted by Crippen LogP contribution is -2.12. The van der Waals surface area contributed by atoms with Crippen LogP contribution in [-0.4, -0.2) is 27.0 Å². The first-order valence-corrected chi connectivity index (χ1v) is 5.45. The van der Waals surface area contributed by atoms with Crippen LogP contribution in [0.5, 0.6) is 0 Å². The topological polar surface area (TPSA) is 101 Å². The maximum Gasteiger partial charge on any atom is 0.279 e. The highest BCUT2D eigenvalue weighted by atomic mass is 32.1. The van der Waals surface area contributed by atoms with E-state index in [9.17, 15) is 4.79 Å². The summed E-state index contributed by atoms with van der Waals surface area (Å²) in [5, 5.41) is 19.7. The van der Waals surface area contributed by atoms with Gasteiger partial charge >= 0.3 is 0 Å². The van der Waals surface area contributed by atoms with E-state index in [4.69, 9.17) is 5.21 Å². The van der Waals surface area contributed by atoms with E-state index < -0.39 is 5.91 Å². The zero-order valence-electron chi connectivity index (χ0n) is 8.75. The quantitative estimate of drug-likeness (QED) is 0.490. The largest absolute Gasteiger partial charge is 0.411 e. The Balaban J connectivity index is 2.10. The van der Waals surface area contributed by atoms with Crippen molar-refractivity contribution in [1.29, 1.82) is 0 Å². The minimum atomic E-state index is -0.404. The third-order valence-electron chi connectivity index (χ3n) is 1.92. The van der Waals surface area contributed by atoms with Crippen LogP contribution in [0.2, 0.25) is 0 Å². The van der Waals surface area contributed by atoms with Gasteiger partial charge in [-0.1, -0.05) is 10.3 Å². The summed E-state index contributed by atoms with van der Waals surface area (Å²) in [5.74, 6) is -0.404. The molecule has 1 amide bonds. The number of aromatic nitrogens is 2. The number of carbonyl (C=O) groups excluding carboxylic acids is 1.